The van der Waals surface area contributed by atoms with E-state index in [-0.39, 0.29) is 24.1 Å². The summed E-state index contributed by atoms with van der Waals surface area (Å²) in [6.07, 6.45) is 0.813. The van der Waals surface area contributed by atoms with Gasteiger partial charge in [-0.3, -0.25) is 4.79 Å². The van der Waals surface area contributed by atoms with Gasteiger partial charge in [-0.1, -0.05) is 0 Å². The molecule has 96 valence electrons. The quantitative estimate of drug-likeness (QED) is 0.604. The Morgan fingerprint density at radius 3 is 2.71 bits per heavy atom. The molecule has 2 atom stereocenters. The van der Waals surface area contributed by atoms with E-state index in [0.29, 0.717) is 19.5 Å². The van der Waals surface area contributed by atoms with Crippen LogP contribution in [0.25, 0.3) is 0 Å². The first-order valence-electron chi connectivity index (χ1n) is 6.01. The van der Waals surface area contributed by atoms with E-state index in [9.17, 15) is 9.59 Å². The lowest BCUT2D eigenvalue weighted by atomic mass is 9.91. The molecule has 0 aromatic rings. The maximum absolute atomic E-state index is 11.9. The van der Waals surface area contributed by atoms with Gasteiger partial charge < -0.3 is 14.4 Å². The first kappa shape index (κ1) is 12.2. The zero-order valence-corrected chi connectivity index (χ0v) is 10.6. The molecular weight excluding hydrogens is 222 g/mol. The molecule has 5 heteroatoms. The van der Waals surface area contributed by atoms with Gasteiger partial charge in [0.05, 0.1) is 13.0 Å². The van der Waals surface area contributed by atoms with E-state index < -0.39 is 5.60 Å². The van der Waals surface area contributed by atoms with Crippen molar-refractivity contribution in [3.8, 4) is 0 Å². The van der Waals surface area contributed by atoms with E-state index >= 15 is 0 Å². The Bertz CT molecular complexity index is 318. The number of piperidine rings is 1. The van der Waals surface area contributed by atoms with Crippen molar-refractivity contribution >= 4 is 12.1 Å². The summed E-state index contributed by atoms with van der Waals surface area (Å²) in [5.41, 5.74) is -0.486. The highest BCUT2D eigenvalue weighted by Crippen LogP contribution is 2.28. The molecule has 0 aliphatic carbocycles. The van der Waals surface area contributed by atoms with Crippen LogP contribution < -0.4 is 0 Å². The lowest BCUT2D eigenvalue weighted by Gasteiger charge is -2.40. The summed E-state index contributed by atoms with van der Waals surface area (Å²) in [6.45, 7) is 6.58. The molecule has 2 fully saturated rings. The molecule has 0 spiro atoms. The van der Waals surface area contributed by atoms with Crippen LogP contribution in [-0.4, -0.2) is 41.8 Å². The van der Waals surface area contributed by atoms with Crippen molar-refractivity contribution in [2.24, 2.45) is 5.92 Å². The SMILES string of the molecule is CC(C)(C)OC(=O)N1CC2CC(=O)OC(C2)C1. The van der Waals surface area contributed by atoms with Crippen molar-refractivity contribution in [3.63, 3.8) is 0 Å². The fraction of sp³-hybridized carbons (Fsp3) is 0.833. The van der Waals surface area contributed by atoms with Crippen molar-refractivity contribution in [1.29, 1.82) is 0 Å². The second kappa shape index (κ2) is 4.20. The van der Waals surface area contributed by atoms with Crippen LogP contribution in [0.15, 0.2) is 0 Å². The van der Waals surface area contributed by atoms with Crippen LogP contribution in [0.1, 0.15) is 33.6 Å². The van der Waals surface area contributed by atoms with Gasteiger partial charge in [-0.15, -0.1) is 0 Å². The first-order chi connectivity index (χ1) is 7.83. The number of ether oxygens (including phenoxy) is 2. The highest BCUT2D eigenvalue weighted by atomic mass is 16.6. The molecule has 0 aromatic heterocycles. The second-order valence-electron chi connectivity index (χ2n) is 5.80. The van der Waals surface area contributed by atoms with Gasteiger partial charge in [0, 0.05) is 6.54 Å². The van der Waals surface area contributed by atoms with Crippen molar-refractivity contribution in [3.05, 3.63) is 0 Å². The van der Waals surface area contributed by atoms with Crippen molar-refractivity contribution in [2.75, 3.05) is 13.1 Å². The summed E-state index contributed by atoms with van der Waals surface area (Å²) < 4.78 is 10.5. The highest BCUT2D eigenvalue weighted by Gasteiger charge is 2.38. The molecule has 0 aromatic carbocycles. The average molecular weight is 241 g/mol. The number of amides is 1. The van der Waals surface area contributed by atoms with Gasteiger partial charge in [0.1, 0.15) is 11.7 Å². The molecule has 0 N–H and O–H groups in total. The smallest absolute Gasteiger partial charge is 0.410 e. The van der Waals surface area contributed by atoms with Gasteiger partial charge in [-0.2, -0.15) is 0 Å². The molecule has 17 heavy (non-hydrogen) atoms. The number of carbonyl (C=O) groups is 2. The standard InChI is InChI=1S/C12H19NO4/c1-12(2,3)17-11(15)13-6-8-4-9(7-13)16-10(14)5-8/h8-9H,4-7H2,1-3H3. The topological polar surface area (TPSA) is 55.8 Å². The zero-order valence-electron chi connectivity index (χ0n) is 10.6. The van der Waals surface area contributed by atoms with E-state index in [1.54, 1.807) is 4.90 Å². The summed E-state index contributed by atoms with van der Waals surface area (Å²) in [5.74, 6) is 0.0811. The summed E-state index contributed by atoms with van der Waals surface area (Å²) in [5, 5.41) is 0. The van der Waals surface area contributed by atoms with Crippen molar-refractivity contribution < 1.29 is 19.1 Å². The molecule has 2 rings (SSSR count). The van der Waals surface area contributed by atoms with E-state index in [2.05, 4.69) is 0 Å². The highest BCUT2D eigenvalue weighted by molar-refractivity contribution is 5.72. The van der Waals surface area contributed by atoms with Gasteiger partial charge in [0.15, 0.2) is 0 Å². The lowest BCUT2D eigenvalue weighted by Crippen LogP contribution is -2.52. The number of nitrogens with zero attached hydrogens (tertiary/aromatic N) is 1. The van der Waals surface area contributed by atoms with Crippen molar-refractivity contribution in [2.45, 2.75) is 45.3 Å². The van der Waals surface area contributed by atoms with Gasteiger partial charge in [-0.05, 0) is 33.1 Å². The molecule has 1 amide bonds. The molecule has 0 radical (unpaired) electrons. The largest absolute Gasteiger partial charge is 0.460 e. The number of hydrogen-bond donors (Lipinski definition) is 0. The van der Waals surface area contributed by atoms with Gasteiger partial charge >= 0.3 is 12.1 Å². The molecule has 2 saturated heterocycles. The predicted octanol–water partition coefficient (Wildman–Crippen LogP) is 1.56. The summed E-state index contributed by atoms with van der Waals surface area (Å²) in [7, 11) is 0. The molecule has 2 unspecified atom stereocenters. The second-order valence-corrected chi connectivity index (χ2v) is 5.80. The lowest BCUT2D eigenvalue weighted by molar-refractivity contribution is -0.162. The fourth-order valence-electron chi connectivity index (χ4n) is 2.33. The third kappa shape index (κ3) is 3.11. The van der Waals surface area contributed by atoms with E-state index in [0.717, 1.165) is 6.42 Å². The van der Waals surface area contributed by atoms with Gasteiger partial charge in [-0.25, -0.2) is 4.79 Å². The predicted molar refractivity (Wildman–Crippen MR) is 60.4 cm³/mol. The molecule has 5 nitrogen and oxygen atoms in total. The monoisotopic (exact) mass is 241 g/mol. The van der Waals surface area contributed by atoms with Crippen LogP contribution in [-0.2, 0) is 14.3 Å². The Morgan fingerprint density at radius 1 is 1.41 bits per heavy atom. The number of hydrogen-bond acceptors (Lipinski definition) is 4. The van der Waals surface area contributed by atoms with Crippen LogP contribution in [0.3, 0.4) is 0 Å². The number of esters is 1. The number of fused-ring (bicyclic) bond motifs is 2. The molecule has 2 aliphatic heterocycles. The summed E-state index contributed by atoms with van der Waals surface area (Å²) >= 11 is 0. The van der Waals surface area contributed by atoms with Crippen molar-refractivity contribution in [1.82, 2.24) is 4.90 Å². The number of rotatable bonds is 0. The normalized spacial score (nSPS) is 28.6. The van der Waals surface area contributed by atoms with Crippen LogP contribution in [0.2, 0.25) is 0 Å². The van der Waals surface area contributed by atoms with E-state index in [4.69, 9.17) is 9.47 Å². The molecule has 2 bridgehead atoms. The minimum absolute atomic E-state index is 0.143. The van der Waals surface area contributed by atoms with Gasteiger partial charge in [0.2, 0.25) is 0 Å². The Hall–Kier alpha value is -1.26. The number of likely N-dealkylation sites (tertiary alicyclic amines) is 1. The van der Waals surface area contributed by atoms with Crippen LogP contribution >= 0.6 is 0 Å². The molecule has 2 aliphatic rings. The Kier molecular flexibility index (Phi) is 3.02. The maximum Gasteiger partial charge on any atom is 0.410 e. The minimum atomic E-state index is -0.486. The van der Waals surface area contributed by atoms with Crippen LogP contribution in [0, 0.1) is 5.92 Å². The summed E-state index contributed by atoms with van der Waals surface area (Å²) in [6, 6.07) is 0. The third-order valence-electron chi connectivity index (χ3n) is 2.90. The van der Waals surface area contributed by atoms with E-state index in [1.165, 1.54) is 0 Å². The first-order valence-corrected chi connectivity index (χ1v) is 6.01. The molecular formula is C12H19NO4. The average Bonchev–Trinajstić information content (AvgIpc) is 2.12. The third-order valence-corrected chi connectivity index (χ3v) is 2.90. The summed E-state index contributed by atoms with van der Waals surface area (Å²) in [4.78, 5) is 24.8. The Balaban J connectivity index is 1.96. The number of carbonyl (C=O) groups excluding carboxylic acids is 2. The zero-order chi connectivity index (χ0) is 12.6. The van der Waals surface area contributed by atoms with Crippen LogP contribution in [0.4, 0.5) is 4.79 Å². The molecule has 0 saturated carbocycles. The molecule has 2 heterocycles. The van der Waals surface area contributed by atoms with Crippen LogP contribution in [0.5, 0.6) is 0 Å². The Morgan fingerprint density at radius 2 is 2.12 bits per heavy atom. The van der Waals surface area contributed by atoms with Gasteiger partial charge in [0.25, 0.3) is 0 Å². The fourth-order valence-corrected chi connectivity index (χ4v) is 2.33. The Labute approximate surface area is 101 Å². The maximum atomic E-state index is 11.9. The van der Waals surface area contributed by atoms with E-state index in [1.807, 2.05) is 20.8 Å². The minimum Gasteiger partial charge on any atom is -0.460 e.